The van der Waals surface area contributed by atoms with Crippen molar-refractivity contribution in [3.8, 4) is 0 Å². The topological polar surface area (TPSA) is 117 Å². The van der Waals surface area contributed by atoms with E-state index in [0.29, 0.717) is 4.88 Å². The van der Waals surface area contributed by atoms with Gasteiger partial charge < -0.3 is 16.2 Å². The van der Waals surface area contributed by atoms with E-state index >= 15 is 0 Å². The monoisotopic (exact) mass is 305 g/mol. The molecule has 2 aromatic heterocycles. The van der Waals surface area contributed by atoms with Crippen molar-refractivity contribution in [2.75, 3.05) is 11.5 Å². The Morgan fingerprint density at radius 2 is 1.90 bits per heavy atom. The minimum absolute atomic E-state index is 0.0140. The molecule has 110 valence electrons. The average Bonchev–Trinajstić information content (AvgIpc) is 2.87. The average molecular weight is 305 g/mol. The zero-order valence-corrected chi connectivity index (χ0v) is 12.2. The fourth-order valence-corrected chi connectivity index (χ4v) is 3.46. The highest BCUT2D eigenvalue weighted by Crippen LogP contribution is 2.30. The Morgan fingerprint density at radius 1 is 1.19 bits per heavy atom. The highest BCUT2D eigenvalue weighted by atomic mass is 32.1. The van der Waals surface area contributed by atoms with Crippen molar-refractivity contribution in [2.45, 2.75) is 32.3 Å². The third kappa shape index (κ3) is 3.10. The summed E-state index contributed by atoms with van der Waals surface area (Å²) in [6.45, 7) is -0.0711. The first-order chi connectivity index (χ1) is 10.1. The minimum atomic E-state index is -0.369. The second-order valence-corrected chi connectivity index (χ2v) is 5.95. The van der Waals surface area contributed by atoms with Crippen molar-refractivity contribution in [3.05, 3.63) is 27.2 Å². The van der Waals surface area contributed by atoms with E-state index in [0.717, 1.165) is 12.8 Å². The third-order valence-corrected chi connectivity index (χ3v) is 4.46. The lowest BCUT2D eigenvalue weighted by Gasteiger charge is -2.08. The lowest BCUT2D eigenvalue weighted by molar-refractivity contribution is 0.0468. The van der Waals surface area contributed by atoms with Crippen molar-refractivity contribution in [2.24, 2.45) is 0 Å². The van der Waals surface area contributed by atoms with Crippen LogP contribution in [-0.4, -0.2) is 20.9 Å². The maximum atomic E-state index is 12.1. The predicted octanol–water partition coefficient (Wildman–Crippen LogP) is 1.33. The summed E-state index contributed by atoms with van der Waals surface area (Å²) in [5.74, 6) is -0.0955. The van der Waals surface area contributed by atoms with Gasteiger partial charge >= 0.3 is 5.97 Å². The largest absolute Gasteiger partial charge is 0.453 e. The van der Waals surface area contributed by atoms with Crippen LogP contribution in [0.3, 0.4) is 0 Å². The normalized spacial score (nSPS) is 13.7. The number of esters is 1. The molecule has 21 heavy (non-hydrogen) atoms. The van der Waals surface area contributed by atoms with E-state index in [1.165, 1.54) is 34.6 Å². The van der Waals surface area contributed by atoms with Gasteiger partial charge in [-0.1, -0.05) is 0 Å². The number of thiophene rings is 1. The van der Waals surface area contributed by atoms with E-state index in [1.54, 1.807) is 0 Å². The van der Waals surface area contributed by atoms with Gasteiger partial charge in [0, 0.05) is 4.88 Å². The lowest BCUT2D eigenvalue weighted by atomic mass is 9.99. The first-order valence-corrected chi connectivity index (χ1v) is 7.48. The molecule has 4 N–H and O–H groups in total. The molecule has 0 saturated heterocycles. The Hall–Kier alpha value is -2.22. The van der Waals surface area contributed by atoms with Gasteiger partial charge in [0.15, 0.2) is 12.4 Å². The van der Waals surface area contributed by atoms with E-state index in [-0.39, 0.29) is 30.3 Å². The van der Waals surface area contributed by atoms with Gasteiger partial charge in [0.1, 0.15) is 4.88 Å². The summed E-state index contributed by atoms with van der Waals surface area (Å²) in [6.07, 6.45) is 4.46. The van der Waals surface area contributed by atoms with Gasteiger partial charge in [-0.25, -0.2) is 4.79 Å². The second-order valence-electron chi connectivity index (χ2n) is 4.81. The molecule has 0 saturated carbocycles. The van der Waals surface area contributed by atoms with E-state index in [4.69, 9.17) is 16.2 Å². The van der Waals surface area contributed by atoms with Gasteiger partial charge in [-0.05, 0) is 37.3 Å². The predicted molar refractivity (Wildman–Crippen MR) is 78.7 cm³/mol. The number of hydrogen-bond acceptors (Lipinski definition) is 8. The van der Waals surface area contributed by atoms with Crippen LogP contribution in [-0.2, 0) is 24.2 Å². The molecule has 0 atom stereocenters. The molecule has 0 aromatic carbocycles. The van der Waals surface area contributed by atoms with E-state index in [1.807, 2.05) is 6.07 Å². The first kappa shape index (κ1) is 13.7. The SMILES string of the molecule is Nc1nc(N)nc(COC(=O)c2cc3c(s2)CCCC3)n1. The van der Waals surface area contributed by atoms with Crippen LogP contribution in [0.2, 0.25) is 0 Å². The number of fused-ring (bicyclic) bond motifs is 1. The molecule has 0 aliphatic heterocycles. The van der Waals surface area contributed by atoms with Crippen LogP contribution in [0.1, 0.15) is 38.8 Å². The fourth-order valence-electron chi connectivity index (χ4n) is 2.31. The summed E-state index contributed by atoms with van der Waals surface area (Å²) < 4.78 is 5.21. The smallest absolute Gasteiger partial charge is 0.348 e. The molecule has 1 aliphatic carbocycles. The van der Waals surface area contributed by atoms with Crippen molar-refractivity contribution in [1.29, 1.82) is 0 Å². The van der Waals surface area contributed by atoms with Gasteiger partial charge in [-0.2, -0.15) is 15.0 Å². The standard InChI is InChI=1S/C13H15N5O2S/c14-12-16-10(17-13(15)18-12)6-20-11(19)9-5-7-3-1-2-4-8(7)21-9/h5H,1-4,6H2,(H4,14,15,16,17,18). The summed E-state index contributed by atoms with van der Waals surface area (Å²) in [5, 5.41) is 0. The molecule has 7 nitrogen and oxygen atoms in total. The molecule has 1 aliphatic rings. The molecule has 2 aromatic rings. The molecule has 0 bridgehead atoms. The maximum absolute atomic E-state index is 12.1. The van der Waals surface area contributed by atoms with E-state index in [9.17, 15) is 4.79 Å². The number of aromatic nitrogens is 3. The molecule has 0 amide bonds. The number of nitrogens with two attached hydrogens (primary N) is 2. The Bertz CT molecular complexity index is 641. The molecule has 0 unspecified atom stereocenters. The van der Waals surface area contributed by atoms with Crippen molar-refractivity contribution in [3.63, 3.8) is 0 Å². The summed E-state index contributed by atoms with van der Waals surface area (Å²) >= 11 is 1.51. The second kappa shape index (κ2) is 5.65. The molecule has 0 radical (unpaired) electrons. The Balaban J connectivity index is 1.67. The number of rotatable bonds is 3. The lowest BCUT2D eigenvalue weighted by Crippen LogP contribution is -2.10. The van der Waals surface area contributed by atoms with Crippen LogP contribution in [0.25, 0.3) is 0 Å². The molecule has 2 heterocycles. The number of ether oxygens (including phenoxy) is 1. The summed E-state index contributed by atoms with van der Waals surface area (Å²) in [7, 11) is 0. The maximum Gasteiger partial charge on any atom is 0.348 e. The van der Waals surface area contributed by atoms with Gasteiger partial charge in [0.25, 0.3) is 0 Å². The van der Waals surface area contributed by atoms with Gasteiger partial charge in [0.05, 0.1) is 0 Å². The molecular weight excluding hydrogens is 290 g/mol. The molecule has 3 rings (SSSR count). The van der Waals surface area contributed by atoms with Gasteiger partial charge in [-0.15, -0.1) is 11.3 Å². The number of nitrogen functional groups attached to an aromatic ring is 2. The van der Waals surface area contributed by atoms with Gasteiger partial charge in [0.2, 0.25) is 11.9 Å². The van der Waals surface area contributed by atoms with Crippen molar-refractivity contribution in [1.82, 2.24) is 15.0 Å². The van der Waals surface area contributed by atoms with Crippen LogP contribution < -0.4 is 11.5 Å². The minimum Gasteiger partial charge on any atom is -0.453 e. The number of carbonyl (C=O) groups is 1. The Kier molecular flexibility index (Phi) is 3.70. The third-order valence-electron chi connectivity index (χ3n) is 3.25. The Labute approximate surface area is 125 Å². The molecule has 0 fully saturated rings. The van der Waals surface area contributed by atoms with Crippen LogP contribution in [0.15, 0.2) is 6.07 Å². The number of carbonyl (C=O) groups excluding carboxylic acids is 1. The van der Waals surface area contributed by atoms with Crippen LogP contribution in [0, 0.1) is 0 Å². The van der Waals surface area contributed by atoms with Crippen LogP contribution in [0.5, 0.6) is 0 Å². The fraction of sp³-hybridized carbons (Fsp3) is 0.385. The molecule has 0 spiro atoms. The van der Waals surface area contributed by atoms with Crippen LogP contribution >= 0.6 is 11.3 Å². The highest BCUT2D eigenvalue weighted by molar-refractivity contribution is 7.14. The van der Waals surface area contributed by atoms with Crippen molar-refractivity contribution >= 4 is 29.2 Å². The zero-order chi connectivity index (χ0) is 14.8. The summed E-state index contributed by atoms with van der Waals surface area (Å²) in [6, 6.07) is 1.93. The number of aryl methyl sites for hydroxylation is 2. The number of nitrogens with zero attached hydrogens (tertiary/aromatic N) is 3. The Morgan fingerprint density at radius 3 is 2.62 bits per heavy atom. The van der Waals surface area contributed by atoms with Crippen LogP contribution in [0.4, 0.5) is 11.9 Å². The highest BCUT2D eigenvalue weighted by Gasteiger charge is 2.18. The molecule has 8 heteroatoms. The van der Waals surface area contributed by atoms with E-state index in [2.05, 4.69) is 15.0 Å². The molecular formula is C13H15N5O2S. The van der Waals surface area contributed by atoms with Crippen molar-refractivity contribution < 1.29 is 9.53 Å². The number of anilines is 2. The summed E-state index contributed by atoms with van der Waals surface area (Å²) in [5.41, 5.74) is 12.2. The zero-order valence-electron chi connectivity index (χ0n) is 11.3. The first-order valence-electron chi connectivity index (χ1n) is 6.66. The summed E-state index contributed by atoms with van der Waals surface area (Å²) in [4.78, 5) is 25.4. The van der Waals surface area contributed by atoms with E-state index < -0.39 is 0 Å². The quantitative estimate of drug-likeness (QED) is 0.821. The van der Waals surface area contributed by atoms with Gasteiger partial charge in [-0.3, -0.25) is 0 Å². The number of hydrogen-bond donors (Lipinski definition) is 2.